The molecule has 4 nitrogen and oxygen atoms in total. The lowest BCUT2D eigenvalue weighted by atomic mass is 10.1. The smallest absolute Gasteiger partial charge is 0.124 e. The van der Waals surface area contributed by atoms with Crippen molar-refractivity contribution in [2.45, 2.75) is 19.4 Å². The molecule has 0 aliphatic rings. The lowest BCUT2D eigenvalue weighted by Gasteiger charge is -2.13. The minimum atomic E-state index is 0.0996. The molecule has 0 amide bonds. The van der Waals surface area contributed by atoms with Gasteiger partial charge in [-0.3, -0.25) is 4.68 Å². The zero-order valence-electron chi connectivity index (χ0n) is 10.9. The van der Waals surface area contributed by atoms with Gasteiger partial charge in [0, 0.05) is 25.7 Å². The van der Waals surface area contributed by atoms with Crippen molar-refractivity contribution in [3.63, 3.8) is 0 Å². The monoisotopic (exact) mass is 244 g/mol. The summed E-state index contributed by atoms with van der Waals surface area (Å²) < 4.78 is 1.84. The predicted octanol–water partition coefficient (Wildman–Crippen LogP) is 1.71. The fraction of sp³-hybridized carbons (Fsp3) is 0.357. The van der Waals surface area contributed by atoms with E-state index in [-0.39, 0.29) is 6.04 Å². The van der Waals surface area contributed by atoms with Gasteiger partial charge in [-0.1, -0.05) is 30.3 Å². The van der Waals surface area contributed by atoms with Crippen molar-refractivity contribution in [2.24, 2.45) is 12.8 Å². The van der Waals surface area contributed by atoms with Crippen LogP contribution in [0.1, 0.15) is 11.3 Å². The summed E-state index contributed by atoms with van der Waals surface area (Å²) in [5, 5.41) is 7.62. The van der Waals surface area contributed by atoms with Crippen molar-refractivity contribution in [2.75, 3.05) is 11.9 Å². The summed E-state index contributed by atoms with van der Waals surface area (Å²) in [7, 11) is 1.93. The van der Waals surface area contributed by atoms with Crippen LogP contribution in [0.15, 0.2) is 36.4 Å². The first kappa shape index (κ1) is 12.6. The number of anilines is 1. The maximum absolute atomic E-state index is 6.12. The Morgan fingerprint density at radius 1 is 1.33 bits per heavy atom. The Balaban J connectivity index is 1.85. The van der Waals surface area contributed by atoms with E-state index in [2.05, 4.69) is 22.5 Å². The number of aromatic nitrogens is 2. The van der Waals surface area contributed by atoms with Crippen molar-refractivity contribution >= 4 is 5.82 Å². The summed E-state index contributed by atoms with van der Waals surface area (Å²) in [6.45, 7) is 2.73. The molecular formula is C14H20N4. The van der Waals surface area contributed by atoms with Crippen molar-refractivity contribution in [3.05, 3.63) is 47.7 Å². The average molecular weight is 244 g/mol. The molecule has 1 aromatic heterocycles. The van der Waals surface area contributed by atoms with Crippen LogP contribution in [0.4, 0.5) is 5.82 Å². The number of benzene rings is 1. The molecule has 2 rings (SSSR count). The van der Waals surface area contributed by atoms with Gasteiger partial charge in [0.1, 0.15) is 5.82 Å². The number of hydrogen-bond donors (Lipinski definition) is 2. The second-order valence-electron chi connectivity index (χ2n) is 4.63. The van der Waals surface area contributed by atoms with Gasteiger partial charge in [0.2, 0.25) is 0 Å². The molecule has 96 valence electrons. The Bertz CT molecular complexity index is 490. The standard InChI is InChI=1S/C14H20N4/c1-11-8-14(18(2)17-11)16-10-13(15)9-12-6-4-3-5-7-12/h3-8,13,16H,9-10,15H2,1-2H3. The van der Waals surface area contributed by atoms with E-state index >= 15 is 0 Å². The fourth-order valence-corrected chi connectivity index (χ4v) is 2.00. The van der Waals surface area contributed by atoms with Gasteiger partial charge in [-0.25, -0.2) is 0 Å². The topological polar surface area (TPSA) is 55.9 Å². The van der Waals surface area contributed by atoms with E-state index in [0.717, 1.165) is 24.5 Å². The Morgan fingerprint density at radius 3 is 2.67 bits per heavy atom. The lowest BCUT2D eigenvalue weighted by molar-refractivity contribution is 0.686. The summed E-state index contributed by atoms with van der Waals surface area (Å²) in [5.74, 6) is 1.01. The molecule has 1 unspecified atom stereocenters. The van der Waals surface area contributed by atoms with Gasteiger partial charge < -0.3 is 11.1 Å². The molecule has 0 spiro atoms. The van der Waals surface area contributed by atoms with E-state index in [0.29, 0.717) is 0 Å². The number of aryl methyl sites for hydroxylation is 2. The van der Waals surface area contributed by atoms with Crippen LogP contribution >= 0.6 is 0 Å². The number of nitrogens with zero attached hydrogens (tertiary/aromatic N) is 2. The van der Waals surface area contributed by atoms with Crippen LogP contribution in [-0.2, 0) is 13.5 Å². The summed E-state index contributed by atoms with van der Waals surface area (Å²) in [5.41, 5.74) is 8.40. The molecule has 0 aliphatic heterocycles. The first-order valence-corrected chi connectivity index (χ1v) is 6.19. The normalized spacial score (nSPS) is 12.4. The van der Waals surface area contributed by atoms with Gasteiger partial charge in [-0.2, -0.15) is 5.10 Å². The van der Waals surface area contributed by atoms with Gasteiger partial charge in [-0.05, 0) is 18.9 Å². The largest absolute Gasteiger partial charge is 0.369 e. The van der Waals surface area contributed by atoms with Gasteiger partial charge in [-0.15, -0.1) is 0 Å². The molecule has 1 heterocycles. The lowest BCUT2D eigenvalue weighted by Crippen LogP contribution is -2.31. The minimum Gasteiger partial charge on any atom is -0.369 e. The third-order valence-corrected chi connectivity index (χ3v) is 2.89. The highest BCUT2D eigenvalue weighted by atomic mass is 15.3. The minimum absolute atomic E-state index is 0.0996. The third kappa shape index (κ3) is 3.34. The van der Waals surface area contributed by atoms with Crippen LogP contribution < -0.4 is 11.1 Å². The van der Waals surface area contributed by atoms with Gasteiger partial charge >= 0.3 is 0 Å². The second kappa shape index (κ2) is 5.69. The quantitative estimate of drug-likeness (QED) is 0.842. The van der Waals surface area contributed by atoms with Crippen LogP contribution in [0.25, 0.3) is 0 Å². The SMILES string of the molecule is Cc1cc(NCC(N)Cc2ccccc2)n(C)n1. The van der Waals surface area contributed by atoms with E-state index < -0.39 is 0 Å². The Morgan fingerprint density at radius 2 is 2.06 bits per heavy atom. The van der Waals surface area contributed by atoms with Gasteiger partial charge in [0.15, 0.2) is 0 Å². The summed E-state index contributed by atoms with van der Waals surface area (Å²) >= 11 is 0. The number of nitrogens with two attached hydrogens (primary N) is 1. The van der Waals surface area contributed by atoms with Crippen LogP contribution in [-0.4, -0.2) is 22.4 Å². The molecule has 1 aromatic carbocycles. The van der Waals surface area contributed by atoms with E-state index in [1.807, 2.05) is 42.9 Å². The highest BCUT2D eigenvalue weighted by Crippen LogP contribution is 2.08. The van der Waals surface area contributed by atoms with Crippen LogP contribution in [0, 0.1) is 6.92 Å². The molecule has 0 aliphatic carbocycles. The highest BCUT2D eigenvalue weighted by molar-refractivity contribution is 5.36. The summed E-state index contributed by atoms with van der Waals surface area (Å²) in [6, 6.07) is 12.4. The molecule has 0 saturated carbocycles. The van der Waals surface area contributed by atoms with Gasteiger partial charge in [0.05, 0.1) is 5.69 Å². The molecular weight excluding hydrogens is 224 g/mol. The second-order valence-corrected chi connectivity index (χ2v) is 4.63. The molecule has 4 heteroatoms. The van der Waals surface area contributed by atoms with Crippen molar-refractivity contribution < 1.29 is 0 Å². The van der Waals surface area contributed by atoms with Crippen LogP contribution in [0.3, 0.4) is 0 Å². The molecule has 0 fully saturated rings. The summed E-state index contributed by atoms with van der Waals surface area (Å²) in [4.78, 5) is 0. The third-order valence-electron chi connectivity index (χ3n) is 2.89. The summed E-state index contributed by atoms with van der Waals surface area (Å²) in [6.07, 6.45) is 0.880. The van der Waals surface area contributed by atoms with Crippen LogP contribution in [0.2, 0.25) is 0 Å². The predicted molar refractivity (Wildman–Crippen MR) is 74.6 cm³/mol. The van der Waals surface area contributed by atoms with Crippen LogP contribution in [0.5, 0.6) is 0 Å². The fourth-order valence-electron chi connectivity index (χ4n) is 2.00. The van der Waals surface area contributed by atoms with E-state index in [9.17, 15) is 0 Å². The van der Waals surface area contributed by atoms with E-state index in [4.69, 9.17) is 5.73 Å². The Hall–Kier alpha value is -1.81. The van der Waals surface area contributed by atoms with Crippen molar-refractivity contribution in [1.29, 1.82) is 0 Å². The maximum atomic E-state index is 6.12. The zero-order valence-corrected chi connectivity index (χ0v) is 10.9. The molecule has 0 radical (unpaired) electrons. The zero-order chi connectivity index (χ0) is 13.0. The molecule has 1 atom stereocenters. The molecule has 3 N–H and O–H groups in total. The average Bonchev–Trinajstić information content (AvgIpc) is 2.66. The van der Waals surface area contributed by atoms with Crippen molar-refractivity contribution in [3.8, 4) is 0 Å². The van der Waals surface area contributed by atoms with E-state index in [1.165, 1.54) is 5.56 Å². The molecule has 0 bridgehead atoms. The molecule has 18 heavy (non-hydrogen) atoms. The first-order valence-electron chi connectivity index (χ1n) is 6.19. The first-order chi connectivity index (χ1) is 8.65. The van der Waals surface area contributed by atoms with Gasteiger partial charge in [0.25, 0.3) is 0 Å². The molecule has 2 aromatic rings. The van der Waals surface area contributed by atoms with Crippen molar-refractivity contribution in [1.82, 2.24) is 9.78 Å². The Kier molecular flexibility index (Phi) is 3.99. The Labute approximate surface area is 108 Å². The number of hydrogen-bond acceptors (Lipinski definition) is 3. The van der Waals surface area contributed by atoms with E-state index in [1.54, 1.807) is 0 Å². The molecule has 0 saturated heterocycles. The maximum Gasteiger partial charge on any atom is 0.124 e. The highest BCUT2D eigenvalue weighted by Gasteiger charge is 2.06. The number of nitrogens with one attached hydrogen (secondary N) is 1. The number of rotatable bonds is 5.